The molecule has 0 aromatic heterocycles. The molecule has 0 amide bonds. The van der Waals surface area contributed by atoms with Crippen LogP contribution in [0.5, 0.6) is 17.2 Å². The Morgan fingerprint density at radius 2 is 1.68 bits per heavy atom. The first-order chi connectivity index (χ1) is 19.4. The number of Topliss-reactive ketones (excluding diaryl/α,β-unsaturated/α-hetero) is 1. The number of piperazine rings is 1. The number of benzene rings is 2. The maximum Gasteiger partial charge on any atom is 0.197 e. The lowest BCUT2D eigenvalue weighted by Gasteiger charge is -2.39. The molecule has 41 heavy (non-hydrogen) atoms. The summed E-state index contributed by atoms with van der Waals surface area (Å²) >= 11 is 0. The lowest BCUT2D eigenvalue weighted by Crippen LogP contribution is -2.49. The molecule has 0 spiro atoms. The quantitative estimate of drug-likeness (QED) is 0.380. The van der Waals surface area contributed by atoms with Crippen LogP contribution < -0.4 is 19.1 Å². The molecule has 0 saturated carbocycles. The standard InChI is InChI=1S/C32H45FN4O4/c1-9-40-26-17-22-18-37(31(34)27(22)28(33)30(26)41-10-2)19-25(38)21-15-23(32(5,6)7)29(39-8)24(16-21)36-13-11-35(12-14-36)20(3)4/h15-17,20,34H,9-14,18-19H2,1-8H3. The Labute approximate surface area is 243 Å². The van der Waals surface area contributed by atoms with Gasteiger partial charge in [0.05, 0.1) is 38.1 Å². The van der Waals surface area contributed by atoms with E-state index in [0.29, 0.717) is 29.5 Å². The van der Waals surface area contributed by atoms with Crippen molar-refractivity contribution in [2.75, 3.05) is 57.9 Å². The highest BCUT2D eigenvalue weighted by Gasteiger charge is 2.34. The Balaban J connectivity index is 1.65. The molecular weight excluding hydrogens is 523 g/mol. The largest absolute Gasteiger partial charge is 0.494 e. The van der Waals surface area contributed by atoms with Crippen molar-refractivity contribution in [3.05, 3.63) is 46.3 Å². The van der Waals surface area contributed by atoms with E-state index in [1.807, 2.05) is 19.1 Å². The van der Waals surface area contributed by atoms with Crippen molar-refractivity contribution < 1.29 is 23.4 Å². The van der Waals surface area contributed by atoms with Gasteiger partial charge in [-0.15, -0.1) is 0 Å². The van der Waals surface area contributed by atoms with Crippen molar-refractivity contribution in [1.82, 2.24) is 9.80 Å². The summed E-state index contributed by atoms with van der Waals surface area (Å²) in [5.41, 5.74) is 2.95. The second kappa shape index (κ2) is 12.3. The number of carbonyl (C=O) groups is 1. The summed E-state index contributed by atoms with van der Waals surface area (Å²) in [6.07, 6.45) is 0. The van der Waals surface area contributed by atoms with Crippen molar-refractivity contribution in [1.29, 1.82) is 5.41 Å². The number of amidine groups is 1. The van der Waals surface area contributed by atoms with Crippen molar-refractivity contribution >= 4 is 17.3 Å². The molecule has 224 valence electrons. The maximum absolute atomic E-state index is 15.6. The van der Waals surface area contributed by atoms with E-state index >= 15 is 4.39 Å². The third kappa shape index (κ3) is 6.15. The molecule has 1 fully saturated rings. The first-order valence-electron chi connectivity index (χ1n) is 14.6. The van der Waals surface area contributed by atoms with Gasteiger partial charge in [0.15, 0.2) is 23.1 Å². The number of nitrogens with one attached hydrogen (secondary N) is 1. The van der Waals surface area contributed by atoms with Gasteiger partial charge in [0, 0.05) is 49.9 Å². The number of halogens is 1. The van der Waals surface area contributed by atoms with Crippen LogP contribution >= 0.6 is 0 Å². The zero-order chi connectivity index (χ0) is 30.1. The zero-order valence-corrected chi connectivity index (χ0v) is 25.8. The van der Waals surface area contributed by atoms with E-state index < -0.39 is 5.82 Å². The Morgan fingerprint density at radius 1 is 1.02 bits per heavy atom. The normalized spacial score (nSPS) is 15.9. The fraction of sp³-hybridized carbons (Fsp3) is 0.562. The number of anilines is 1. The number of fused-ring (bicyclic) bond motifs is 1. The lowest BCUT2D eigenvalue weighted by molar-refractivity contribution is 0.0962. The average Bonchev–Trinajstić information content (AvgIpc) is 3.24. The molecule has 9 heteroatoms. The van der Waals surface area contributed by atoms with Crippen LogP contribution in [0.25, 0.3) is 0 Å². The highest BCUT2D eigenvalue weighted by atomic mass is 19.1. The first kappa shape index (κ1) is 30.6. The fourth-order valence-electron chi connectivity index (χ4n) is 5.68. The SMILES string of the molecule is CCOc1cc2c(c(F)c1OCC)C(=N)N(CC(=O)c1cc(N3CCN(C(C)C)CC3)c(OC)c(C(C)(C)C)c1)C2. The smallest absolute Gasteiger partial charge is 0.197 e. The number of ketones is 1. The van der Waals surface area contributed by atoms with Gasteiger partial charge in [-0.2, -0.15) is 0 Å². The molecule has 4 rings (SSSR count). The molecule has 0 unspecified atom stereocenters. The van der Waals surface area contributed by atoms with Gasteiger partial charge in [-0.05, 0) is 56.9 Å². The minimum absolute atomic E-state index is 0.0122. The number of carbonyl (C=O) groups excluding carboxylic acids is 1. The Kier molecular flexibility index (Phi) is 9.16. The van der Waals surface area contributed by atoms with Crippen molar-refractivity contribution in [2.24, 2.45) is 0 Å². The minimum Gasteiger partial charge on any atom is -0.494 e. The van der Waals surface area contributed by atoms with Crippen LogP contribution in [-0.4, -0.2) is 80.5 Å². The summed E-state index contributed by atoms with van der Waals surface area (Å²) in [4.78, 5) is 20.2. The summed E-state index contributed by atoms with van der Waals surface area (Å²) in [7, 11) is 1.68. The fourth-order valence-corrected chi connectivity index (χ4v) is 5.68. The van der Waals surface area contributed by atoms with Crippen molar-refractivity contribution in [2.45, 2.75) is 66.5 Å². The molecule has 2 aliphatic rings. The van der Waals surface area contributed by atoms with Gasteiger partial charge >= 0.3 is 0 Å². The summed E-state index contributed by atoms with van der Waals surface area (Å²) < 4.78 is 32.7. The molecule has 2 aromatic rings. The second-order valence-electron chi connectivity index (χ2n) is 12.0. The van der Waals surface area contributed by atoms with Crippen LogP contribution in [0, 0.1) is 11.2 Å². The Bertz CT molecular complexity index is 1300. The molecule has 1 N–H and O–H groups in total. The van der Waals surface area contributed by atoms with Gasteiger partial charge < -0.3 is 24.0 Å². The number of nitrogens with zero attached hydrogens (tertiary/aromatic N) is 3. The third-order valence-electron chi connectivity index (χ3n) is 7.89. The van der Waals surface area contributed by atoms with Gasteiger partial charge in [-0.3, -0.25) is 15.1 Å². The molecule has 0 radical (unpaired) electrons. The molecule has 0 atom stereocenters. The number of ether oxygens (including phenoxy) is 3. The zero-order valence-electron chi connectivity index (χ0n) is 25.8. The summed E-state index contributed by atoms with van der Waals surface area (Å²) in [5, 5.41) is 8.75. The van der Waals surface area contributed by atoms with Crippen LogP contribution in [0.15, 0.2) is 18.2 Å². The topological polar surface area (TPSA) is 78.3 Å². The molecule has 2 aromatic carbocycles. The van der Waals surface area contributed by atoms with E-state index in [-0.39, 0.29) is 48.0 Å². The number of methoxy groups -OCH3 is 1. The van der Waals surface area contributed by atoms with E-state index in [1.165, 1.54) is 0 Å². The number of hydrogen-bond donors (Lipinski definition) is 1. The van der Waals surface area contributed by atoms with Crippen LogP contribution in [0.4, 0.5) is 10.1 Å². The highest BCUT2D eigenvalue weighted by molar-refractivity contribution is 6.06. The van der Waals surface area contributed by atoms with E-state index in [4.69, 9.17) is 19.6 Å². The molecular formula is C32H45FN4O4. The van der Waals surface area contributed by atoms with Gasteiger partial charge in [0.25, 0.3) is 0 Å². The summed E-state index contributed by atoms with van der Waals surface area (Å²) in [5.74, 6) is 0.354. The van der Waals surface area contributed by atoms with E-state index in [1.54, 1.807) is 25.0 Å². The molecule has 1 saturated heterocycles. The number of hydrogen-bond acceptors (Lipinski definition) is 7. The van der Waals surface area contributed by atoms with Crippen LogP contribution in [0.2, 0.25) is 0 Å². The second-order valence-corrected chi connectivity index (χ2v) is 12.0. The van der Waals surface area contributed by atoms with Crippen LogP contribution in [-0.2, 0) is 12.0 Å². The predicted molar refractivity (Wildman–Crippen MR) is 161 cm³/mol. The predicted octanol–water partition coefficient (Wildman–Crippen LogP) is 5.48. The lowest BCUT2D eigenvalue weighted by atomic mass is 9.84. The number of rotatable bonds is 10. The third-order valence-corrected chi connectivity index (χ3v) is 7.89. The summed E-state index contributed by atoms with van der Waals surface area (Å²) in [6.45, 7) is 18.7. The Morgan fingerprint density at radius 3 is 2.24 bits per heavy atom. The van der Waals surface area contributed by atoms with E-state index in [0.717, 1.165) is 43.2 Å². The van der Waals surface area contributed by atoms with E-state index in [9.17, 15) is 4.79 Å². The maximum atomic E-state index is 15.6. The molecule has 0 bridgehead atoms. The molecule has 0 aliphatic carbocycles. The van der Waals surface area contributed by atoms with Gasteiger partial charge in [-0.1, -0.05) is 20.8 Å². The highest BCUT2D eigenvalue weighted by Crippen LogP contribution is 2.42. The average molecular weight is 569 g/mol. The van der Waals surface area contributed by atoms with Crippen molar-refractivity contribution in [3.8, 4) is 17.2 Å². The minimum atomic E-state index is -0.616. The van der Waals surface area contributed by atoms with Gasteiger partial charge in [0.1, 0.15) is 11.6 Å². The monoisotopic (exact) mass is 568 g/mol. The van der Waals surface area contributed by atoms with E-state index in [2.05, 4.69) is 44.4 Å². The summed E-state index contributed by atoms with van der Waals surface area (Å²) in [6, 6.07) is 6.06. The molecule has 8 nitrogen and oxygen atoms in total. The molecule has 2 aliphatic heterocycles. The first-order valence-corrected chi connectivity index (χ1v) is 14.6. The van der Waals surface area contributed by atoms with Gasteiger partial charge in [0.2, 0.25) is 0 Å². The Hall–Kier alpha value is -3.33. The van der Waals surface area contributed by atoms with Crippen LogP contribution in [0.3, 0.4) is 0 Å². The van der Waals surface area contributed by atoms with Crippen LogP contribution in [0.1, 0.15) is 75.5 Å². The van der Waals surface area contributed by atoms with Crippen molar-refractivity contribution in [3.63, 3.8) is 0 Å². The van der Waals surface area contributed by atoms with Gasteiger partial charge in [-0.25, -0.2) is 4.39 Å². The molecule has 2 heterocycles.